The molecular weight excluding hydrogens is 238 g/mol. The van der Waals surface area contributed by atoms with Crippen molar-refractivity contribution >= 4 is 11.9 Å². The third-order valence-corrected chi connectivity index (χ3v) is 2.46. The average Bonchev–Trinajstić information content (AvgIpc) is 2.87. The van der Waals surface area contributed by atoms with Gasteiger partial charge in [-0.05, 0) is 19.1 Å². The average molecular weight is 249 g/mol. The Kier molecular flexibility index (Phi) is 2.88. The number of aromatic carboxylic acids is 1. The highest BCUT2D eigenvalue weighted by molar-refractivity contribution is 5.90. The van der Waals surface area contributed by atoms with Crippen LogP contribution >= 0.6 is 0 Å². The van der Waals surface area contributed by atoms with Gasteiger partial charge in [-0.25, -0.2) is 4.79 Å². The Morgan fingerprint density at radius 1 is 1.56 bits per heavy atom. The van der Waals surface area contributed by atoms with E-state index >= 15 is 0 Å². The quantitative estimate of drug-likeness (QED) is 0.825. The molecule has 1 amide bonds. The first kappa shape index (κ1) is 11.9. The molecule has 2 aromatic heterocycles. The summed E-state index contributed by atoms with van der Waals surface area (Å²) >= 11 is 0. The fraction of sp³-hybridized carbons (Fsp3) is 0.182. The van der Waals surface area contributed by atoms with Gasteiger partial charge in [-0.2, -0.15) is 5.10 Å². The van der Waals surface area contributed by atoms with E-state index in [0.717, 1.165) is 0 Å². The van der Waals surface area contributed by atoms with E-state index in [1.165, 1.54) is 16.8 Å². The molecule has 2 heterocycles. The molecule has 0 saturated heterocycles. The lowest BCUT2D eigenvalue weighted by Gasteiger charge is -1.98. The molecule has 94 valence electrons. The third-order valence-electron chi connectivity index (χ3n) is 2.46. The Labute approximate surface area is 102 Å². The lowest BCUT2D eigenvalue weighted by molar-refractivity contribution is 0.0660. The maximum absolute atomic E-state index is 10.9. The number of carbonyl (C=O) groups excluding carboxylic acids is 1. The summed E-state index contributed by atoms with van der Waals surface area (Å²) in [6.07, 6.45) is 1.59. The molecule has 3 N–H and O–H groups in total. The van der Waals surface area contributed by atoms with Crippen LogP contribution in [0, 0.1) is 6.92 Å². The second-order valence-electron chi connectivity index (χ2n) is 3.76. The standard InChI is InChI=1S/C11H11N3O4/c1-6-7(4-9(18-6)11(16)17)5-14-3-2-8(13-14)10(12)15/h2-4H,5H2,1H3,(H2,12,15)(H,16,17). The molecule has 0 fully saturated rings. The monoisotopic (exact) mass is 249 g/mol. The molecule has 0 aromatic carbocycles. The van der Waals surface area contributed by atoms with Gasteiger partial charge in [0.2, 0.25) is 5.76 Å². The van der Waals surface area contributed by atoms with Crippen LogP contribution in [0.25, 0.3) is 0 Å². The summed E-state index contributed by atoms with van der Waals surface area (Å²) in [5.41, 5.74) is 5.93. The maximum atomic E-state index is 10.9. The minimum atomic E-state index is -1.12. The smallest absolute Gasteiger partial charge is 0.371 e. The predicted molar refractivity (Wildman–Crippen MR) is 60.3 cm³/mol. The first-order valence-electron chi connectivity index (χ1n) is 5.13. The number of aromatic nitrogens is 2. The van der Waals surface area contributed by atoms with Gasteiger partial charge in [0, 0.05) is 11.8 Å². The SMILES string of the molecule is Cc1oc(C(=O)O)cc1Cn1ccc(C(N)=O)n1. The zero-order valence-corrected chi connectivity index (χ0v) is 9.58. The van der Waals surface area contributed by atoms with Gasteiger partial charge in [-0.15, -0.1) is 0 Å². The summed E-state index contributed by atoms with van der Waals surface area (Å²) in [7, 11) is 0. The number of carboxylic acid groups (broad SMARTS) is 1. The molecule has 7 nitrogen and oxygen atoms in total. The van der Waals surface area contributed by atoms with Crippen molar-refractivity contribution < 1.29 is 19.1 Å². The molecule has 2 rings (SSSR count). The number of hydrogen-bond donors (Lipinski definition) is 2. The number of furan rings is 1. The van der Waals surface area contributed by atoms with Crippen LogP contribution in [0.3, 0.4) is 0 Å². The first-order chi connectivity index (χ1) is 8.47. The van der Waals surface area contributed by atoms with E-state index in [1.54, 1.807) is 13.1 Å². The number of aryl methyl sites for hydroxylation is 1. The molecule has 0 saturated carbocycles. The van der Waals surface area contributed by atoms with Gasteiger partial charge in [0.05, 0.1) is 6.54 Å². The minimum Gasteiger partial charge on any atom is -0.475 e. The van der Waals surface area contributed by atoms with Crippen molar-refractivity contribution in [2.45, 2.75) is 13.5 Å². The van der Waals surface area contributed by atoms with Crippen molar-refractivity contribution in [1.29, 1.82) is 0 Å². The van der Waals surface area contributed by atoms with Crippen LogP contribution in [0.4, 0.5) is 0 Å². The largest absolute Gasteiger partial charge is 0.475 e. The number of carbonyl (C=O) groups is 2. The van der Waals surface area contributed by atoms with Crippen LogP contribution in [0.5, 0.6) is 0 Å². The fourth-order valence-corrected chi connectivity index (χ4v) is 1.54. The van der Waals surface area contributed by atoms with Crippen LogP contribution < -0.4 is 5.73 Å². The third kappa shape index (κ3) is 2.24. The van der Waals surface area contributed by atoms with E-state index in [0.29, 0.717) is 17.9 Å². The number of nitrogens with two attached hydrogens (primary N) is 1. The number of amides is 1. The number of rotatable bonds is 4. The van der Waals surface area contributed by atoms with Crippen molar-refractivity contribution in [1.82, 2.24) is 9.78 Å². The van der Waals surface area contributed by atoms with E-state index < -0.39 is 11.9 Å². The second-order valence-corrected chi connectivity index (χ2v) is 3.76. The summed E-state index contributed by atoms with van der Waals surface area (Å²) in [5, 5.41) is 12.7. The zero-order chi connectivity index (χ0) is 13.3. The second kappa shape index (κ2) is 4.36. The van der Waals surface area contributed by atoms with Crippen molar-refractivity contribution in [3.63, 3.8) is 0 Å². The van der Waals surface area contributed by atoms with Crippen LogP contribution in [-0.4, -0.2) is 26.8 Å². The van der Waals surface area contributed by atoms with Gasteiger partial charge < -0.3 is 15.3 Å². The molecule has 0 radical (unpaired) electrons. The molecule has 0 aliphatic rings. The number of carboxylic acids is 1. The Morgan fingerprint density at radius 3 is 2.78 bits per heavy atom. The van der Waals surface area contributed by atoms with Gasteiger partial charge in [0.25, 0.3) is 5.91 Å². The Hall–Kier alpha value is -2.57. The summed E-state index contributed by atoms with van der Waals surface area (Å²) in [6, 6.07) is 2.93. The molecule has 2 aromatic rings. The minimum absolute atomic E-state index is 0.121. The molecule has 18 heavy (non-hydrogen) atoms. The summed E-state index contributed by atoms with van der Waals surface area (Å²) < 4.78 is 6.56. The van der Waals surface area contributed by atoms with Crippen LogP contribution in [-0.2, 0) is 6.54 Å². The van der Waals surface area contributed by atoms with Crippen molar-refractivity contribution in [3.05, 3.63) is 41.1 Å². The molecule has 0 unspecified atom stereocenters. The Balaban J connectivity index is 2.22. The maximum Gasteiger partial charge on any atom is 0.371 e. The lowest BCUT2D eigenvalue weighted by Crippen LogP contribution is -2.12. The highest BCUT2D eigenvalue weighted by Gasteiger charge is 2.14. The van der Waals surface area contributed by atoms with Crippen molar-refractivity contribution in [2.75, 3.05) is 0 Å². The van der Waals surface area contributed by atoms with Gasteiger partial charge in [-0.1, -0.05) is 0 Å². The number of hydrogen-bond acceptors (Lipinski definition) is 4. The molecule has 0 bridgehead atoms. The van der Waals surface area contributed by atoms with Crippen LogP contribution in [0.15, 0.2) is 22.7 Å². The lowest BCUT2D eigenvalue weighted by atomic mass is 10.2. The number of nitrogens with zero attached hydrogens (tertiary/aromatic N) is 2. The highest BCUT2D eigenvalue weighted by atomic mass is 16.4. The Bertz CT molecular complexity index is 612. The molecule has 0 aliphatic heterocycles. The highest BCUT2D eigenvalue weighted by Crippen LogP contribution is 2.15. The van der Waals surface area contributed by atoms with Crippen LogP contribution in [0.1, 0.15) is 32.4 Å². The fourth-order valence-electron chi connectivity index (χ4n) is 1.54. The topological polar surface area (TPSA) is 111 Å². The molecular formula is C11H11N3O4. The summed E-state index contributed by atoms with van der Waals surface area (Å²) in [6.45, 7) is 1.98. The van der Waals surface area contributed by atoms with E-state index in [9.17, 15) is 9.59 Å². The van der Waals surface area contributed by atoms with E-state index in [1.807, 2.05) is 0 Å². The van der Waals surface area contributed by atoms with Gasteiger partial charge in [0.1, 0.15) is 11.5 Å². The molecule has 0 spiro atoms. The van der Waals surface area contributed by atoms with E-state index in [2.05, 4.69) is 5.10 Å². The zero-order valence-electron chi connectivity index (χ0n) is 9.58. The summed E-state index contributed by atoms with van der Waals surface area (Å²) in [4.78, 5) is 21.6. The van der Waals surface area contributed by atoms with Crippen molar-refractivity contribution in [3.8, 4) is 0 Å². The normalized spacial score (nSPS) is 10.5. The molecule has 0 atom stereocenters. The van der Waals surface area contributed by atoms with Crippen molar-refractivity contribution in [2.24, 2.45) is 5.73 Å². The van der Waals surface area contributed by atoms with Gasteiger partial charge >= 0.3 is 5.97 Å². The van der Waals surface area contributed by atoms with Gasteiger partial charge in [-0.3, -0.25) is 9.48 Å². The van der Waals surface area contributed by atoms with E-state index in [-0.39, 0.29) is 11.5 Å². The Morgan fingerprint density at radius 2 is 2.28 bits per heavy atom. The van der Waals surface area contributed by atoms with E-state index in [4.69, 9.17) is 15.3 Å². The predicted octanol–water partition coefficient (Wildman–Crippen LogP) is 0.630. The molecule has 7 heteroatoms. The van der Waals surface area contributed by atoms with Crippen LogP contribution in [0.2, 0.25) is 0 Å². The first-order valence-corrected chi connectivity index (χ1v) is 5.13. The van der Waals surface area contributed by atoms with Gasteiger partial charge in [0.15, 0.2) is 0 Å². The summed E-state index contributed by atoms with van der Waals surface area (Å²) in [5.74, 6) is -1.35. The number of primary amides is 1. The molecule has 0 aliphatic carbocycles.